The third kappa shape index (κ3) is 2.88. The van der Waals surface area contributed by atoms with Crippen molar-refractivity contribution < 1.29 is 30.7 Å². The van der Waals surface area contributed by atoms with Gasteiger partial charge in [-0.1, -0.05) is 17.2 Å². The van der Waals surface area contributed by atoms with Crippen LogP contribution in [0, 0.1) is 23.5 Å². The van der Waals surface area contributed by atoms with Crippen LogP contribution in [0.3, 0.4) is 0 Å². The highest BCUT2D eigenvalue weighted by Crippen LogP contribution is 2.41. The van der Waals surface area contributed by atoms with Crippen LogP contribution in [0.15, 0.2) is 47.5 Å². The van der Waals surface area contributed by atoms with Crippen molar-refractivity contribution in [3.63, 3.8) is 0 Å². The van der Waals surface area contributed by atoms with Crippen LogP contribution < -0.4 is 4.59 Å². The van der Waals surface area contributed by atoms with Gasteiger partial charge in [-0.25, -0.2) is 13.2 Å². The van der Waals surface area contributed by atoms with Gasteiger partial charge in [0.25, 0.3) is 0 Å². The zero-order valence-electron chi connectivity index (χ0n) is 13.0. The van der Waals surface area contributed by atoms with Gasteiger partial charge < -0.3 is 0 Å². The molecule has 0 fully saturated rings. The molecule has 2 aromatic carbocycles. The first kappa shape index (κ1) is 18.1. The lowest BCUT2D eigenvalue weighted by molar-refractivity contribution is -0.0584. The molecule has 1 radical (unpaired) electrons. The molecule has 0 saturated heterocycles. The van der Waals surface area contributed by atoms with Gasteiger partial charge in [0.05, 0.1) is 0 Å². The van der Waals surface area contributed by atoms with Gasteiger partial charge in [0.15, 0.2) is 23.1 Å². The van der Waals surface area contributed by atoms with Crippen LogP contribution in [0.2, 0.25) is 0 Å². The highest BCUT2D eigenvalue weighted by Gasteiger charge is 2.49. The van der Waals surface area contributed by atoms with E-state index in [9.17, 15) is 30.7 Å². The summed E-state index contributed by atoms with van der Waals surface area (Å²) in [5, 5.41) is 3.34. The molecule has 1 aliphatic heterocycles. The van der Waals surface area contributed by atoms with E-state index in [4.69, 9.17) is 0 Å². The van der Waals surface area contributed by atoms with Crippen molar-refractivity contribution in [3.05, 3.63) is 65.9 Å². The SMILES string of the molecule is C[N+]1(c2ccccc2-c2cc(F)c(F)c(F)c2)N=C(C(F)(F)F)[C]=C1F. The largest absolute Gasteiger partial charge is 0.439 e. The first-order valence-corrected chi connectivity index (χ1v) is 7.12. The molecule has 2 nitrogen and oxygen atoms in total. The van der Waals surface area contributed by atoms with E-state index in [1.165, 1.54) is 30.3 Å². The van der Waals surface area contributed by atoms with Gasteiger partial charge >= 0.3 is 12.1 Å². The summed E-state index contributed by atoms with van der Waals surface area (Å²) in [6.45, 7) is 0. The number of rotatable bonds is 2. The topological polar surface area (TPSA) is 12.4 Å². The standard InChI is InChI=1S/C17H9F7N2/c1-26(15(20)8-14(25-26)17(22,23)24)13-5-3-2-4-10(13)9-6-11(18)16(21)12(19)7-9/h2-7H,1H3/q+1. The Morgan fingerprint density at radius 1 is 0.962 bits per heavy atom. The average Bonchev–Trinajstić information content (AvgIpc) is 2.89. The number of allylic oxidation sites excluding steroid dienone is 1. The summed E-state index contributed by atoms with van der Waals surface area (Å²) in [6.07, 6.45) is -3.39. The maximum Gasteiger partial charge on any atom is 0.439 e. The van der Waals surface area contributed by atoms with Crippen LogP contribution in [0.5, 0.6) is 0 Å². The molecular weight excluding hydrogens is 365 g/mol. The van der Waals surface area contributed by atoms with E-state index < -0.39 is 39.9 Å². The molecule has 0 N–H and O–H groups in total. The number of quaternary nitrogens is 1. The van der Waals surface area contributed by atoms with E-state index in [1.807, 2.05) is 0 Å². The van der Waals surface area contributed by atoms with Crippen molar-refractivity contribution >= 4 is 11.4 Å². The highest BCUT2D eigenvalue weighted by atomic mass is 19.4. The lowest BCUT2D eigenvalue weighted by atomic mass is 10.0. The number of hydrogen-bond donors (Lipinski definition) is 0. The maximum absolute atomic E-state index is 14.3. The van der Waals surface area contributed by atoms with Gasteiger partial charge in [-0.3, -0.25) is 0 Å². The molecule has 0 amide bonds. The molecule has 26 heavy (non-hydrogen) atoms. The van der Waals surface area contributed by atoms with E-state index in [0.29, 0.717) is 12.1 Å². The van der Waals surface area contributed by atoms with Crippen molar-refractivity contribution in [1.29, 1.82) is 0 Å². The monoisotopic (exact) mass is 374 g/mol. The highest BCUT2D eigenvalue weighted by molar-refractivity contribution is 5.99. The van der Waals surface area contributed by atoms with Crippen LogP contribution in [-0.4, -0.2) is 18.9 Å². The van der Waals surface area contributed by atoms with Crippen molar-refractivity contribution in [2.45, 2.75) is 6.18 Å². The summed E-state index contributed by atoms with van der Waals surface area (Å²) in [5.74, 6) is -6.01. The Morgan fingerprint density at radius 2 is 1.54 bits per heavy atom. The van der Waals surface area contributed by atoms with Gasteiger partial charge in [0, 0.05) is 11.6 Å². The average molecular weight is 374 g/mol. The Hall–Kier alpha value is -2.68. The number of halogens is 7. The van der Waals surface area contributed by atoms with Gasteiger partial charge in [0.1, 0.15) is 13.1 Å². The van der Waals surface area contributed by atoms with Gasteiger partial charge in [-0.15, -0.1) is 8.98 Å². The quantitative estimate of drug-likeness (QED) is 0.295. The predicted octanol–water partition coefficient (Wildman–Crippen LogP) is 5.25. The number of benzene rings is 2. The number of hydrogen-bond acceptors (Lipinski definition) is 1. The zero-order valence-corrected chi connectivity index (χ0v) is 13.0. The summed E-state index contributed by atoms with van der Waals surface area (Å²) < 4.78 is 91.8. The summed E-state index contributed by atoms with van der Waals surface area (Å²) in [6, 6.07) is 6.71. The molecule has 1 heterocycles. The lowest BCUT2D eigenvalue weighted by Gasteiger charge is -2.24. The van der Waals surface area contributed by atoms with Crippen LogP contribution in [0.25, 0.3) is 11.1 Å². The van der Waals surface area contributed by atoms with Crippen LogP contribution in [-0.2, 0) is 0 Å². The maximum atomic E-state index is 14.3. The molecule has 9 heteroatoms. The Kier molecular flexibility index (Phi) is 4.14. The Labute approximate surface area is 143 Å². The predicted molar refractivity (Wildman–Crippen MR) is 80.8 cm³/mol. The van der Waals surface area contributed by atoms with E-state index in [-0.39, 0.29) is 16.8 Å². The molecule has 135 valence electrons. The minimum atomic E-state index is -4.92. The molecule has 1 atom stereocenters. The smallest absolute Gasteiger partial charge is 0.204 e. The number of nitrogens with zero attached hydrogens (tertiary/aromatic N) is 2. The minimum absolute atomic E-state index is 0.0167. The second kappa shape index (κ2) is 5.94. The van der Waals surface area contributed by atoms with Crippen molar-refractivity contribution in [2.75, 3.05) is 7.05 Å². The molecule has 0 saturated carbocycles. The third-order valence-electron chi connectivity index (χ3n) is 3.84. The van der Waals surface area contributed by atoms with Gasteiger partial charge in [0.2, 0.25) is 5.71 Å². The van der Waals surface area contributed by atoms with Crippen molar-refractivity contribution in [3.8, 4) is 11.1 Å². The molecule has 3 rings (SSSR count). The fraction of sp³-hybridized carbons (Fsp3) is 0.118. The first-order chi connectivity index (χ1) is 12.0. The van der Waals surface area contributed by atoms with E-state index in [0.717, 1.165) is 7.05 Å². The van der Waals surface area contributed by atoms with E-state index >= 15 is 0 Å². The van der Waals surface area contributed by atoms with Crippen LogP contribution >= 0.6 is 0 Å². The molecular formula is C17H9F7N2+. The minimum Gasteiger partial charge on any atom is -0.204 e. The van der Waals surface area contributed by atoms with E-state index in [2.05, 4.69) is 5.10 Å². The van der Waals surface area contributed by atoms with Gasteiger partial charge in [-0.05, 0) is 23.8 Å². The molecule has 0 spiro atoms. The Morgan fingerprint density at radius 3 is 2.08 bits per heavy atom. The summed E-state index contributed by atoms with van der Waals surface area (Å²) in [7, 11) is 1.02. The lowest BCUT2D eigenvalue weighted by Crippen LogP contribution is -2.35. The second-order valence-corrected chi connectivity index (χ2v) is 5.59. The number of para-hydroxylation sites is 1. The molecule has 2 aromatic rings. The molecule has 0 aromatic heterocycles. The fourth-order valence-electron chi connectivity index (χ4n) is 2.57. The molecule has 1 aliphatic rings. The Bertz CT molecular complexity index is 923. The Balaban J connectivity index is 2.21. The summed E-state index contributed by atoms with van der Waals surface area (Å²) in [4.78, 5) is 0. The van der Waals surface area contributed by atoms with Gasteiger partial charge in [-0.2, -0.15) is 13.2 Å². The third-order valence-corrected chi connectivity index (χ3v) is 3.84. The summed E-state index contributed by atoms with van der Waals surface area (Å²) in [5.41, 5.74) is -1.89. The summed E-state index contributed by atoms with van der Waals surface area (Å²) >= 11 is 0. The second-order valence-electron chi connectivity index (χ2n) is 5.59. The van der Waals surface area contributed by atoms with Crippen molar-refractivity contribution in [1.82, 2.24) is 4.59 Å². The first-order valence-electron chi connectivity index (χ1n) is 7.12. The van der Waals surface area contributed by atoms with Crippen molar-refractivity contribution in [2.24, 2.45) is 5.10 Å². The normalized spacial score (nSPS) is 20.2. The molecule has 0 aliphatic carbocycles. The molecule has 0 bridgehead atoms. The van der Waals surface area contributed by atoms with E-state index in [1.54, 1.807) is 0 Å². The molecule has 1 unspecified atom stereocenters. The van der Waals surface area contributed by atoms with Crippen LogP contribution in [0.4, 0.5) is 36.4 Å². The van der Waals surface area contributed by atoms with Crippen LogP contribution in [0.1, 0.15) is 0 Å². The fourth-order valence-corrected chi connectivity index (χ4v) is 2.57. The zero-order chi connectivity index (χ0) is 19.3. The number of alkyl halides is 3.